The lowest BCUT2D eigenvalue weighted by Crippen LogP contribution is -2.64. The monoisotopic (exact) mass is 170 g/mol. The summed E-state index contributed by atoms with van der Waals surface area (Å²) in [4.78, 5) is 13.4. The predicted octanol–water partition coefficient (Wildman–Crippen LogP) is -0.208. The molecule has 0 bridgehead atoms. The van der Waals surface area contributed by atoms with Crippen LogP contribution in [-0.4, -0.2) is 29.7 Å². The Labute approximate surface area is 69.2 Å². The molecule has 1 fully saturated rings. The number of nitrogens with zero attached hydrogens (tertiary/aromatic N) is 3. The van der Waals surface area contributed by atoms with Crippen molar-refractivity contribution >= 4 is 5.91 Å². The molecule has 3 atom stereocenters. The van der Waals surface area contributed by atoms with E-state index >= 15 is 0 Å². The van der Waals surface area contributed by atoms with E-state index in [1.54, 1.807) is 6.92 Å². The number of β-lactam (4-membered cyclic amide) rings is 1. The summed E-state index contributed by atoms with van der Waals surface area (Å²) in [7, 11) is 0. The van der Waals surface area contributed by atoms with E-state index in [1.165, 1.54) is 0 Å². The smallest absolute Gasteiger partial charge is 0.231 e. The number of aliphatic hydroxyl groups excluding tert-OH is 1. The van der Waals surface area contributed by atoms with E-state index in [0.29, 0.717) is 0 Å². The summed E-state index contributed by atoms with van der Waals surface area (Å²) >= 11 is 0. The summed E-state index contributed by atoms with van der Waals surface area (Å²) < 4.78 is 0. The average Bonchev–Trinajstić information content (AvgIpc) is 2.09. The number of nitrogens with one attached hydrogen (secondary N) is 1. The van der Waals surface area contributed by atoms with Gasteiger partial charge < -0.3 is 10.4 Å². The molecule has 1 rings (SSSR count). The van der Waals surface area contributed by atoms with Crippen LogP contribution >= 0.6 is 0 Å². The van der Waals surface area contributed by atoms with Gasteiger partial charge in [-0.25, -0.2) is 0 Å². The zero-order valence-corrected chi connectivity index (χ0v) is 6.64. The van der Waals surface area contributed by atoms with Gasteiger partial charge in [0.1, 0.15) is 6.04 Å². The fourth-order valence-electron chi connectivity index (χ4n) is 1.14. The van der Waals surface area contributed by atoms with Crippen molar-refractivity contribution in [3.63, 3.8) is 0 Å². The molecule has 0 unspecified atom stereocenters. The number of carbonyl (C=O) groups is 1. The molecule has 1 saturated heterocycles. The van der Waals surface area contributed by atoms with Gasteiger partial charge >= 0.3 is 0 Å². The van der Waals surface area contributed by atoms with Gasteiger partial charge in [0.25, 0.3) is 0 Å². The van der Waals surface area contributed by atoms with Crippen molar-refractivity contribution < 1.29 is 9.90 Å². The van der Waals surface area contributed by atoms with Gasteiger partial charge in [0, 0.05) is 17.4 Å². The molecule has 0 saturated carbocycles. The van der Waals surface area contributed by atoms with Gasteiger partial charge in [0.2, 0.25) is 5.91 Å². The Morgan fingerprint density at radius 2 is 2.58 bits per heavy atom. The van der Waals surface area contributed by atoms with E-state index in [9.17, 15) is 4.79 Å². The van der Waals surface area contributed by atoms with Crippen molar-refractivity contribution in [3.8, 4) is 0 Å². The summed E-state index contributed by atoms with van der Waals surface area (Å²) in [6.45, 7) is 1.76. The number of aliphatic hydroxyl groups is 1. The Hall–Kier alpha value is -1.26. The number of hydrogen-bond acceptors (Lipinski definition) is 3. The molecule has 66 valence electrons. The Bertz CT molecular complexity index is 234. The highest BCUT2D eigenvalue weighted by atomic mass is 16.3. The molecule has 12 heavy (non-hydrogen) atoms. The second-order valence-corrected chi connectivity index (χ2v) is 2.84. The maximum absolute atomic E-state index is 10.8. The van der Waals surface area contributed by atoms with E-state index in [1.807, 2.05) is 0 Å². The molecular formula is C6H10N4O2. The molecule has 2 N–H and O–H groups in total. The first kappa shape index (κ1) is 8.83. The van der Waals surface area contributed by atoms with E-state index < -0.39 is 6.04 Å². The van der Waals surface area contributed by atoms with Crippen LogP contribution in [0.4, 0.5) is 0 Å². The second-order valence-electron chi connectivity index (χ2n) is 2.84. The highest BCUT2D eigenvalue weighted by Gasteiger charge is 2.41. The van der Waals surface area contributed by atoms with E-state index in [4.69, 9.17) is 10.6 Å². The topological polar surface area (TPSA) is 98.1 Å². The fourth-order valence-corrected chi connectivity index (χ4v) is 1.14. The van der Waals surface area contributed by atoms with Crippen LogP contribution in [0.5, 0.6) is 0 Å². The molecule has 1 heterocycles. The number of hydrogen-bond donors (Lipinski definition) is 2. The van der Waals surface area contributed by atoms with Crippen LogP contribution in [0.2, 0.25) is 0 Å². The minimum Gasteiger partial charge on any atom is -0.396 e. The van der Waals surface area contributed by atoms with Crippen LogP contribution in [0.1, 0.15) is 6.92 Å². The lowest BCUT2D eigenvalue weighted by molar-refractivity contribution is -0.131. The van der Waals surface area contributed by atoms with Crippen molar-refractivity contribution in [2.45, 2.75) is 19.0 Å². The Morgan fingerprint density at radius 1 is 1.92 bits per heavy atom. The summed E-state index contributed by atoms with van der Waals surface area (Å²) in [6, 6.07) is -0.851. The van der Waals surface area contributed by atoms with Gasteiger partial charge in [-0.15, -0.1) is 0 Å². The third kappa shape index (κ3) is 1.34. The molecule has 0 spiro atoms. The Balaban J connectivity index is 2.59. The third-order valence-corrected chi connectivity index (χ3v) is 1.99. The maximum Gasteiger partial charge on any atom is 0.231 e. The standard InChI is InChI=1S/C6H10N4O2/c1-3(2-11)4-5(9-10-7)6(12)8-4/h3-5,11H,2H2,1H3,(H,8,12)/t3-,4+,5-/m0/s1. The number of azide groups is 1. The highest BCUT2D eigenvalue weighted by Crippen LogP contribution is 2.18. The summed E-state index contributed by atoms with van der Waals surface area (Å²) in [5, 5.41) is 14.6. The van der Waals surface area contributed by atoms with Gasteiger partial charge in [-0.2, -0.15) is 0 Å². The summed E-state index contributed by atoms with van der Waals surface area (Å²) in [5.41, 5.74) is 8.11. The van der Waals surface area contributed by atoms with Crippen LogP contribution in [0, 0.1) is 5.92 Å². The minimum absolute atomic E-state index is 0.0254. The molecule has 0 aliphatic carbocycles. The molecule has 0 aromatic rings. The van der Waals surface area contributed by atoms with Gasteiger partial charge in [-0.3, -0.25) is 4.79 Å². The van der Waals surface area contributed by atoms with Crippen molar-refractivity contribution in [2.75, 3.05) is 6.61 Å². The number of rotatable bonds is 3. The molecule has 6 nitrogen and oxygen atoms in total. The first-order valence-corrected chi connectivity index (χ1v) is 3.66. The van der Waals surface area contributed by atoms with Crippen molar-refractivity contribution in [1.29, 1.82) is 0 Å². The van der Waals surface area contributed by atoms with Gasteiger partial charge in [-0.05, 0) is 5.53 Å². The van der Waals surface area contributed by atoms with Crippen molar-refractivity contribution in [2.24, 2.45) is 11.0 Å². The minimum atomic E-state index is -0.642. The third-order valence-electron chi connectivity index (χ3n) is 1.99. The molecule has 1 aliphatic rings. The van der Waals surface area contributed by atoms with Crippen LogP contribution in [0.15, 0.2) is 5.11 Å². The fraction of sp³-hybridized carbons (Fsp3) is 0.833. The zero-order chi connectivity index (χ0) is 9.14. The SMILES string of the molecule is C[C@@H](CO)[C@H]1NC(=O)[C@H]1N=[N+]=[N-]. The Morgan fingerprint density at radius 3 is 3.00 bits per heavy atom. The first-order valence-electron chi connectivity index (χ1n) is 3.66. The molecule has 0 aromatic heterocycles. The van der Waals surface area contributed by atoms with E-state index in [2.05, 4.69) is 15.3 Å². The lowest BCUT2D eigenvalue weighted by Gasteiger charge is -2.37. The molecule has 1 amide bonds. The van der Waals surface area contributed by atoms with Gasteiger partial charge in [0.05, 0.1) is 6.04 Å². The lowest BCUT2D eigenvalue weighted by atomic mass is 9.89. The van der Waals surface area contributed by atoms with E-state index in [-0.39, 0.29) is 24.5 Å². The predicted molar refractivity (Wildman–Crippen MR) is 41.1 cm³/mol. The quantitative estimate of drug-likeness (QED) is 0.265. The normalized spacial score (nSPS) is 29.7. The second kappa shape index (κ2) is 3.42. The van der Waals surface area contributed by atoms with Crippen molar-refractivity contribution in [1.82, 2.24) is 5.32 Å². The van der Waals surface area contributed by atoms with Gasteiger partial charge in [0.15, 0.2) is 0 Å². The zero-order valence-electron chi connectivity index (χ0n) is 6.64. The van der Waals surface area contributed by atoms with Crippen LogP contribution in [0.3, 0.4) is 0 Å². The van der Waals surface area contributed by atoms with Crippen LogP contribution in [-0.2, 0) is 4.79 Å². The average molecular weight is 170 g/mol. The summed E-state index contributed by atoms with van der Waals surface area (Å²) in [6.07, 6.45) is 0. The largest absolute Gasteiger partial charge is 0.396 e. The first-order chi connectivity index (χ1) is 5.70. The molecule has 6 heteroatoms. The van der Waals surface area contributed by atoms with Crippen molar-refractivity contribution in [3.05, 3.63) is 10.4 Å². The molecule has 0 radical (unpaired) electrons. The highest BCUT2D eigenvalue weighted by molar-refractivity contribution is 5.89. The maximum atomic E-state index is 10.8. The van der Waals surface area contributed by atoms with Crippen LogP contribution < -0.4 is 5.32 Å². The summed E-state index contributed by atoms with van der Waals surface area (Å²) in [5.74, 6) is -0.337. The number of amides is 1. The van der Waals surface area contributed by atoms with Gasteiger partial charge in [-0.1, -0.05) is 12.0 Å². The Kier molecular flexibility index (Phi) is 2.52. The van der Waals surface area contributed by atoms with Crippen LogP contribution in [0.25, 0.3) is 10.4 Å². The van der Waals surface area contributed by atoms with E-state index in [0.717, 1.165) is 0 Å². The molecular weight excluding hydrogens is 160 g/mol. The molecule has 1 aliphatic heterocycles. The number of carbonyl (C=O) groups excluding carboxylic acids is 1. The molecule has 0 aromatic carbocycles.